The minimum Gasteiger partial charge on any atom is -0.356 e. The van der Waals surface area contributed by atoms with E-state index in [-0.39, 0.29) is 23.9 Å². The molecule has 3 aliphatic heterocycles. The molecular weight excluding hydrogens is 328 g/mol. The number of rotatable bonds is 3. The third-order valence-corrected chi connectivity index (χ3v) is 5.93. The lowest BCUT2D eigenvalue weighted by atomic mass is 9.95. The lowest BCUT2D eigenvalue weighted by molar-refractivity contribution is -0.125. The Balaban J connectivity index is 1.39. The van der Waals surface area contributed by atoms with Crippen molar-refractivity contribution in [2.75, 3.05) is 18.0 Å². The lowest BCUT2D eigenvalue weighted by Crippen LogP contribution is -2.46. The van der Waals surface area contributed by atoms with E-state index in [2.05, 4.69) is 27.5 Å². The van der Waals surface area contributed by atoms with Gasteiger partial charge in [0.1, 0.15) is 17.6 Å². The van der Waals surface area contributed by atoms with Gasteiger partial charge < -0.3 is 15.1 Å². The summed E-state index contributed by atoms with van der Waals surface area (Å²) in [6.45, 7) is 3.33. The number of nitrogens with one attached hydrogen (secondary N) is 1. The van der Waals surface area contributed by atoms with E-state index in [4.69, 9.17) is 5.26 Å². The van der Waals surface area contributed by atoms with Gasteiger partial charge in [0.15, 0.2) is 6.19 Å². The molecule has 4 atom stereocenters. The third kappa shape index (κ3) is 2.84. The molecule has 1 aromatic rings. The van der Waals surface area contributed by atoms with Gasteiger partial charge in [0.2, 0.25) is 5.91 Å². The van der Waals surface area contributed by atoms with Gasteiger partial charge in [-0.25, -0.2) is 4.98 Å². The molecule has 4 heterocycles. The van der Waals surface area contributed by atoms with Gasteiger partial charge in [-0.3, -0.25) is 4.79 Å². The first-order chi connectivity index (χ1) is 12.6. The molecule has 26 heavy (non-hydrogen) atoms. The maximum atomic E-state index is 12.7. The SMILES string of the molecule is Cc1cc(C#N)nc(N2CCC(C(=O)N[C@@H]3C[C@@H]4CC[C@H]3N4C#N)C2)c1. The summed E-state index contributed by atoms with van der Waals surface area (Å²) in [6, 6.07) is 6.38. The summed E-state index contributed by atoms with van der Waals surface area (Å²) in [5.41, 5.74) is 1.41. The van der Waals surface area contributed by atoms with Crippen molar-refractivity contribution in [3.05, 3.63) is 23.4 Å². The Morgan fingerprint density at radius 1 is 1.31 bits per heavy atom. The van der Waals surface area contributed by atoms with Crippen molar-refractivity contribution in [2.24, 2.45) is 5.92 Å². The normalized spacial score (nSPS) is 29.5. The van der Waals surface area contributed by atoms with Crippen molar-refractivity contribution in [1.82, 2.24) is 15.2 Å². The summed E-state index contributed by atoms with van der Waals surface area (Å²) in [7, 11) is 0. The Labute approximate surface area is 153 Å². The first-order valence-electron chi connectivity index (χ1n) is 9.21. The van der Waals surface area contributed by atoms with Crippen LogP contribution in [0.3, 0.4) is 0 Å². The van der Waals surface area contributed by atoms with Crippen LogP contribution in [0.15, 0.2) is 12.1 Å². The first-order valence-corrected chi connectivity index (χ1v) is 9.21. The van der Waals surface area contributed by atoms with Crippen LogP contribution >= 0.6 is 0 Å². The maximum absolute atomic E-state index is 12.7. The highest BCUT2D eigenvalue weighted by atomic mass is 16.2. The molecule has 1 aromatic heterocycles. The van der Waals surface area contributed by atoms with Crippen molar-refractivity contribution in [3.8, 4) is 12.3 Å². The van der Waals surface area contributed by atoms with Gasteiger partial charge in [0.25, 0.3) is 0 Å². The Bertz CT molecular complexity index is 809. The molecule has 134 valence electrons. The molecule has 3 aliphatic rings. The predicted molar refractivity (Wildman–Crippen MR) is 94.8 cm³/mol. The Morgan fingerprint density at radius 3 is 2.88 bits per heavy atom. The number of amides is 1. The van der Waals surface area contributed by atoms with Crippen LogP contribution in [0, 0.1) is 35.6 Å². The lowest BCUT2D eigenvalue weighted by Gasteiger charge is -2.24. The second-order valence-corrected chi connectivity index (χ2v) is 7.59. The molecule has 0 radical (unpaired) electrons. The van der Waals surface area contributed by atoms with Gasteiger partial charge in [-0.2, -0.15) is 10.5 Å². The quantitative estimate of drug-likeness (QED) is 0.825. The monoisotopic (exact) mass is 350 g/mol. The maximum Gasteiger partial charge on any atom is 0.225 e. The number of aromatic nitrogens is 1. The van der Waals surface area contributed by atoms with Crippen LogP contribution in [0.5, 0.6) is 0 Å². The fraction of sp³-hybridized carbons (Fsp3) is 0.579. The van der Waals surface area contributed by atoms with E-state index in [0.717, 1.165) is 43.6 Å². The van der Waals surface area contributed by atoms with E-state index in [1.54, 1.807) is 6.07 Å². The number of hydrogen-bond acceptors (Lipinski definition) is 6. The van der Waals surface area contributed by atoms with E-state index >= 15 is 0 Å². The van der Waals surface area contributed by atoms with E-state index in [1.165, 1.54) is 0 Å². The topological polar surface area (TPSA) is 96.0 Å². The highest BCUT2D eigenvalue weighted by Gasteiger charge is 2.47. The molecule has 3 saturated heterocycles. The van der Waals surface area contributed by atoms with Crippen molar-refractivity contribution < 1.29 is 4.79 Å². The zero-order valence-electron chi connectivity index (χ0n) is 14.9. The van der Waals surface area contributed by atoms with Gasteiger partial charge >= 0.3 is 0 Å². The Hall–Kier alpha value is -2.80. The van der Waals surface area contributed by atoms with Gasteiger partial charge in [-0.15, -0.1) is 0 Å². The number of pyridine rings is 1. The average Bonchev–Trinajstić information content (AvgIpc) is 3.35. The molecule has 1 unspecified atom stereocenters. The van der Waals surface area contributed by atoms with Gasteiger partial charge in [-0.1, -0.05) is 0 Å². The summed E-state index contributed by atoms with van der Waals surface area (Å²) < 4.78 is 0. The van der Waals surface area contributed by atoms with Crippen LogP contribution in [-0.4, -0.2) is 47.0 Å². The Kier molecular flexibility index (Phi) is 4.16. The summed E-state index contributed by atoms with van der Waals surface area (Å²) in [5, 5.41) is 21.6. The summed E-state index contributed by atoms with van der Waals surface area (Å²) in [6.07, 6.45) is 5.99. The van der Waals surface area contributed by atoms with Crippen molar-refractivity contribution in [3.63, 3.8) is 0 Å². The number of carbonyl (C=O) groups excluding carboxylic acids is 1. The first kappa shape index (κ1) is 16.7. The van der Waals surface area contributed by atoms with E-state index in [9.17, 15) is 10.1 Å². The highest BCUT2D eigenvalue weighted by molar-refractivity contribution is 5.80. The van der Waals surface area contributed by atoms with Gasteiger partial charge in [-0.05, 0) is 50.3 Å². The fourth-order valence-corrected chi connectivity index (χ4v) is 4.65. The molecule has 4 rings (SSSR count). The minimum absolute atomic E-state index is 0.0717. The molecule has 7 nitrogen and oxygen atoms in total. The average molecular weight is 350 g/mol. The fourth-order valence-electron chi connectivity index (χ4n) is 4.65. The second kappa shape index (κ2) is 6.49. The molecule has 0 saturated carbocycles. The molecule has 1 amide bonds. The molecule has 1 N–H and O–H groups in total. The molecule has 0 aliphatic carbocycles. The molecule has 0 spiro atoms. The van der Waals surface area contributed by atoms with Crippen molar-refractivity contribution >= 4 is 11.7 Å². The number of aryl methyl sites for hydroxylation is 1. The van der Waals surface area contributed by atoms with E-state index < -0.39 is 0 Å². The van der Waals surface area contributed by atoms with Crippen LogP contribution < -0.4 is 10.2 Å². The van der Waals surface area contributed by atoms with Gasteiger partial charge in [0.05, 0.1) is 18.0 Å². The smallest absolute Gasteiger partial charge is 0.225 e. The molecular formula is C19H22N6O. The number of carbonyl (C=O) groups is 1. The van der Waals surface area contributed by atoms with Crippen LogP contribution in [0.1, 0.15) is 36.9 Å². The predicted octanol–water partition coefficient (Wildman–Crippen LogP) is 1.29. The highest BCUT2D eigenvalue weighted by Crippen LogP contribution is 2.37. The number of nitriles is 2. The largest absolute Gasteiger partial charge is 0.356 e. The zero-order valence-corrected chi connectivity index (χ0v) is 14.9. The van der Waals surface area contributed by atoms with Crippen LogP contribution in [0.4, 0.5) is 5.82 Å². The van der Waals surface area contributed by atoms with E-state index in [1.807, 2.05) is 17.9 Å². The van der Waals surface area contributed by atoms with E-state index in [0.29, 0.717) is 18.3 Å². The van der Waals surface area contributed by atoms with Crippen LogP contribution in [-0.2, 0) is 4.79 Å². The molecule has 3 fully saturated rings. The van der Waals surface area contributed by atoms with Crippen molar-refractivity contribution in [1.29, 1.82) is 10.5 Å². The number of hydrogen-bond donors (Lipinski definition) is 1. The molecule has 0 aromatic carbocycles. The number of fused-ring (bicyclic) bond motifs is 2. The molecule has 7 heteroatoms. The Morgan fingerprint density at radius 2 is 2.15 bits per heavy atom. The zero-order chi connectivity index (χ0) is 18.3. The van der Waals surface area contributed by atoms with Gasteiger partial charge in [0, 0.05) is 19.1 Å². The minimum atomic E-state index is -0.0717. The van der Waals surface area contributed by atoms with Crippen LogP contribution in [0.2, 0.25) is 0 Å². The number of anilines is 1. The number of nitrogens with zero attached hydrogens (tertiary/aromatic N) is 5. The summed E-state index contributed by atoms with van der Waals surface area (Å²) in [4.78, 5) is 21.1. The summed E-state index contributed by atoms with van der Waals surface area (Å²) in [5.74, 6) is 0.779. The van der Waals surface area contributed by atoms with Crippen LogP contribution in [0.25, 0.3) is 0 Å². The summed E-state index contributed by atoms with van der Waals surface area (Å²) >= 11 is 0. The second-order valence-electron chi connectivity index (χ2n) is 7.59. The third-order valence-electron chi connectivity index (χ3n) is 5.93. The standard InChI is InChI=1S/C19H22N6O/c1-12-6-14(9-20)22-18(7-12)24-5-4-13(10-24)19(26)23-16-8-15-2-3-17(16)25(15)11-21/h6-7,13,15-17H,2-5,8,10H2,1H3,(H,23,26)/t13?,15-,16+,17+/m0/s1. The molecule has 2 bridgehead atoms. The van der Waals surface area contributed by atoms with Crippen molar-refractivity contribution in [2.45, 2.75) is 50.7 Å².